The normalized spacial score (nSPS) is 10.9. The molecule has 5 nitrogen and oxygen atoms in total. The van der Waals surface area contributed by atoms with Gasteiger partial charge in [0.1, 0.15) is 0 Å². The molecule has 0 aliphatic heterocycles. The predicted octanol–water partition coefficient (Wildman–Crippen LogP) is 3.11. The van der Waals surface area contributed by atoms with Crippen molar-refractivity contribution < 1.29 is 20.5 Å². The van der Waals surface area contributed by atoms with Gasteiger partial charge < -0.3 is 0 Å². The molecule has 19 heavy (non-hydrogen) atoms. The average Bonchev–Trinajstić information content (AvgIpc) is 2.26. The standard InChI is InChI=1S/C13H17IO5/c1-9(2)17-13-7-5-6-12(8-13)14(18-10(3)15)19-11(4)16/h5-9H,1-4H3. The minimum atomic E-state index is -2.75. The Bertz CT molecular complexity index is 442. The Balaban J connectivity index is 2.94. The predicted molar refractivity (Wildman–Crippen MR) is 78.5 cm³/mol. The van der Waals surface area contributed by atoms with E-state index in [1.807, 2.05) is 13.8 Å². The first-order chi connectivity index (χ1) is 8.88. The third-order valence-electron chi connectivity index (χ3n) is 1.70. The first-order valence-electron chi connectivity index (χ1n) is 5.73. The van der Waals surface area contributed by atoms with Crippen molar-refractivity contribution in [1.82, 2.24) is 0 Å². The van der Waals surface area contributed by atoms with E-state index < -0.39 is 32.6 Å². The van der Waals surface area contributed by atoms with Crippen LogP contribution in [0.4, 0.5) is 0 Å². The molecule has 6 heteroatoms. The number of carbonyl (C=O) groups is 2. The van der Waals surface area contributed by atoms with Crippen molar-refractivity contribution >= 4 is 32.6 Å². The quantitative estimate of drug-likeness (QED) is 0.735. The molecule has 0 amide bonds. The molecule has 106 valence electrons. The molecule has 0 saturated heterocycles. The number of halogens is 1. The maximum atomic E-state index is 11.1. The maximum absolute atomic E-state index is 11.1. The Hall–Kier alpha value is -1.31. The third kappa shape index (κ3) is 5.91. The fraction of sp³-hybridized carbons (Fsp3) is 0.385. The zero-order valence-corrected chi connectivity index (χ0v) is 13.5. The number of carbonyl (C=O) groups excluding carboxylic acids is 2. The van der Waals surface area contributed by atoms with Gasteiger partial charge >= 0.3 is 120 Å². The van der Waals surface area contributed by atoms with Crippen LogP contribution < -0.4 is 4.74 Å². The van der Waals surface area contributed by atoms with E-state index in [2.05, 4.69) is 0 Å². The molecule has 0 aromatic heterocycles. The van der Waals surface area contributed by atoms with Crippen LogP contribution in [0.5, 0.6) is 5.75 Å². The number of ether oxygens (including phenoxy) is 1. The summed E-state index contributed by atoms with van der Waals surface area (Å²) < 4.78 is 16.5. The molecule has 0 heterocycles. The van der Waals surface area contributed by atoms with Crippen molar-refractivity contribution in [3.8, 4) is 5.75 Å². The van der Waals surface area contributed by atoms with Crippen LogP contribution in [0.15, 0.2) is 24.3 Å². The second-order valence-electron chi connectivity index (χ2n) is 3.98. The van der Waals surface area contributed by atoms with Gasteiger partial charge in [-0.05, 0) is 0 Å². The molecule has 1 rings (SSSR count). The van der Waals surface area contributed by atoms with E-state index in [1.54, 1.807) is 24.3 Å². The zero-order chi connectivity index (χ0) is 14.4. The van der Waals surface area contributed by atoms with Gasteiger partial charge in [0.2, 0.25) is 0 Å². The van der Waals surface area contributed by atoms with Crippen LogP contribution in [0.3, 0.4) is 0 Å². The SMILES string of the molecule is CC(=O)OI(OC(C)=O)c1cccc(OC(C)C)c1. The molecule has 0 fully saturated rings. The van der Waals surface area contributed by atoms with Crippen molar-refractivity contribution in [3.63, 3.8) is 0 Å². The average molecular weight is 380 g/mol. The first-order valence-corrected chi connectivity index (χ1v) is 8.57. The van der Waals surface area contributed by atoms with E-state index in [4.69, 9.17) is 10.9 Å². The summed E-state index contributed by atoms with van der Waals surface area (Å²) >= 11 is -2.75. The fourth-order valence-corrected chi connectivity index (χ4v) is 4.00. The van der Waals surface area contributed by atoms with Crippen LogP contribution in [0.1, 0.15) is 27.7 Å². The Kier molecular flexibility index (Phi) is 6.07. The van der Waals surface area contributed by atoms with Gasteiger partial charge in [-0.1, -0.05) is 0 Å². The van der Waals surface area contributed by atoms with E-state index in [0.29, 0.717) is 9.32 Å². The summed E-state index contributed by atoms with van der Waals surface area (Å²) in [5.74, 6) is -0.252. The second-order valence-corrected chi connectivity index (χ2v) is 7.35. The molecule has 0 saturated carbocycles. The molecule has 0 unspecified atom stereocenters. The summed E-state index contributed by atoms with van der Waals surface area (Å²) in [4.78, 5) is 22.1. The molecule has 0 atom stereocenters. The molecule has 0 N–H and O–H groups in total. The van der Waals surface area contributed by atoms with Crippen molar-refractivity contribution in [1.29, 1.82) is 0 Å². The molecule has 1 aromatic rings. The molecule has 0 radical (unpaired) electrons. The Morgan fingerprint density at radius 3 is 2.16 bits per heavy atom. The van der Waals surface area contributed by atoms with E-state index in [9.17, 15) is 9.59 Å². The summed E-state index contributed by atoms with van der Waals surface area (Å²) in [6, 6.07) is 7.10. The van der Waals surface area contributed by atoms with E-state index >= 15 is 0 Å². The molecule has 1 aromatic carbocycles. The molecule has 0 aliphatic carbocycles. The first kappa shape index (κ1) is 15.7. The summed E-state index contributed by atoms with van der Waals surface area (Å²) in [5, 5.41) is 0. The minimum absolute atomic E-state index is 0.0416. The van der Waals surface area contributed by atoms with Gasteiger partial charge in [-0.25, -0.2) is 0 Å². The van der Waals surface area contributed by atoms with Gasteiger partial charge in [0.25, 0.3) is 0 Å². The van der Waals surface area contributed by atoms with Gasteiger partial charge in [0.05, 0.1) is 0 Å². The summed E-state index contributed by atoms with van der Waals surface area (Å²) in [6.07, 6.45) is 0.0416. The Morgan fingerprint density at radius 1 is 1.11 bits per heavy atom. The van der Waals surface area contributed by atoms with Crippen molar-refractivity contribution in [2.75, 3.05) is 0 Å². The monoisotopic (exact) mass is 380 g/mol. The van der Waals surface area contributed by atoms with Crippen molar-refractivity contribution in [2.45, 2.75) is 33.8 Å². The van der Waals surface area contributed by atoms with Gasteiger partial charge in [0, 0.05) is 0 Å². The zero-order valence-electron chi connectivity index (χ0n) is 11.3. The molecule has 0 aliphatic rings. The Labute approximate surface area is 120 Å². The van der Waals surface area contributed by atoms with Gasteiger partial charge in [0.15, 0.2) is 0 Å². The van der Waals surface area contributed by atoms with E-state index in [0.717, 1.165) is 0 Å². The van der Waals surface area contributed by atoms with E-state index in [1.165, 1.54) is 13.8 Å². The molecular formula is C13H17IO5. The van der Waals surface area contributed by atoms with Crippen LogP contribution in [0.25, 0.3) is 0 Å². The van der Waals surface area contributed by atoms with E-state index in [-0.39, 0.29) is 6.10 Å². The summed E-state index contributed by atoms with van der Waals surface area (Å²) in [6.45, 7) is 6.42. The second kappa shape index (κ2) is 7.32. The summed E-state index contributed by atoms with van der Waals surface area (Å²) in [7, 11) is 0. The number of hydrogen-bond donors (Lipinski definition) is 0. The summed E-state index contributed by atoms with van der Waals surface area (Å²) in [5.41, 5.74) is 0. The van der Waals surface area contributed by atoms with Gasteiger partial charge in [-0.2, -0.15) is 0 Å². The molecule has 0 bridgehead atoms. The van der Waals surface area contributed by atoms with Gasteiger partial charge in [-0.15, -0.1) is 0 Å². The van der Waals surface area contributed by atoms with Crippen LogP contribution in [0.2, 0.25) is 0 Å². The number of benzene rings is 1. The topological polar surface area (TPSA) is 61.8 Å². The molecule has 0 spiro atoms. The fourth-order valence-electron chi connectivity index (χ4n) is 1.21. The van der Waals surface area contributed by atoms with Crippen LogP contribution >= 0.6 is 20.6 Å². The molecular weight excluding hydrogens is 363 g/mol. The van der Waals surface area contributed by atoms with Crippen LogP contribution in [-0.2, 0) is 15.7 Å². The number of rotatable bonds is 5. The van der Waals surface area contributed by atoms with Crippen LogP contribution in [-0.4, -0.2) is 18.0 Å². The number of hydrogen-bond acceptors (Lipinski definition) is 5. The third-order valence-corrected chi connectivity index (χ3v) is 5.43. The van der Waals surface area contributed by atoms with Crippen molar-refractivity contribution in [3.05, 3.63) is 27.8 Å². The van der Waals surface area contributed by atoms with Gasteiger partial charge in [-0.3, -0.25) is 0 Å². The van der Waals surface area contributed by atoms with Crippen LogP contribution in [0, 0.1) is 3.57 Å². The Morgan fingerprint density at radius 2 is 1.68 bits per heavy atom. The van der Waals surface area contributed by atoms with Crippen molar-refractivity contribution in [2.24, 2.45) is 0 Å².